The van der Waals surface area contributed by atoms with E-state index in [0.717, 1.165) is 12.8 Å². The summed E-state index contributed by atoms with van der Waals surface area (Å²) in [7, 11) is 0. The Bertz CT molecular complexity index is 72.0. The second-order valence-corrected chi connectivity index (χ2v) is 3.40. The Morgan fingerprint density at radius 1 is 1.00 bits per heavy atom. The first-order valence-corrected chi connectivity index (χ1v) is 3.74. The van der Waals surface area contributed by atoms with Crippen molar-refractivity contribution in [2.75, 3.05) is 0 Å². The maximum Gasteiger partial charge on any atom is 0.0575 e. The fourth-order valence-electron chi connectivity index (χ4n) is 1.23. The maximum atomic E-state index is 9.04. The molecule has 0 heterocycles. The highest BCUT2D eigenvalue weighted by atomic mass is 32.1. The van der Waals surface area contributed by atoms with Crippen LogP contribution in [0.1, 0.15) is 19.3 Å². The van der Waals surface area contributed by atoms with E-state index in [-0.39, 0.29) is 17.5 Å². The maximum absolute atomic E-state index is 9.04. The third-order valence-electron chi connectivity index (χ3n) is 1.63. The van der Waals surface area contributed by atoms with Gasteiger partial charge in [0, 0.05) is 5.25 Å². The van der Waals surface area contributed by atoms with Gasteiger partial charge in [0.2, 0.25) is 0 Å². The van der Waals surface area contributed by atoms with Gasteiger partial charge in [-0.05, 0) is 19.3 Å². The second kappa shape index (κ2) is 2.90. The van der Waals surface area contributed by atoms with Crippen LogP contribution in [0.2, 0.25) is 0 Å². The summed E-state index contributed by atoms with van der Waals surface area (Å²) in [6.45, 7) is 0. The number of hydrogen-bond donors (Lipinski definition) is 3. The number of rotatable bonds is 0. The normalized spacial score (nSPS) is 45.0. The summed E-state index contributed by atoms with van der Waals surface area (Å²) in [5.41, 5.74) is 0. The Morgan fingerprint density at radius 3 is 1.78 bits per heavy atom. The zero-order chi connectivity index (χ0) is 6.85. The molecule has 2 atom stereocenters. The van der Waals surface area contributed by atoms with Gasteiger partial charge in [-0.3, -0.25) is 0 Å². The number of aliphatic hydroxyl groups is 2. The monoisotopic (exact) mass is 148 g/mol. The van der Waals surface area contributed by atoms with E-state index in [4.69, 9.17) is 10.2 Å². The minimum atomic E-state index is -0.337. The lowest BCUT2D eigenvalue weighted by atomic mass is 9.95. The van der Waals surface area contributed by atoms with Crippen molar-refractivity contribution in [1.29, 1.82) is 0 Å². The molecule has 9 heavy (non-hydrogen) atoms. The molecule has 2 unspecified atom stereocenters. The van der Waals surface area contributed by atoms with Gasteiger partial charge in [-0.15, -0.1) is 0 Å². The average molecular weight is 148 g/mol. The van der Waals surface area contributed by atoms with E-state index in [9.17, 15) is 0 Å². The summed E-state index contributed by atoms with van der Waals surface area (Å²) in [6, 6.07) is 0. The van der Waals surface area contributed by atoms with Crippen molar-refractivity contribution in [3.05, 3.63) is 0 Å². The van der Waals surface area contributed by atoms with Gasteiger partial charge in [0.1, 0.15) is 0 Å². The molecule has 1 aliphatic carbocycles. The third-order valence-corrected chi connectivity index (χ3v) is 2.05. The second-order valence-electron chi connectivity index (χ2n) is 2.67. The van der Waals surface area contributed by atoms with Crippen molar-refractivity contribution in [2.24, 2.45) is 0 Å². The molecular weight excluding hydrogens is 136 g/mol. The highest BCUT2D eigenvalue weighted by Crippen LogP contribution is 2.22. The Kier molecular flexibility index (Phi) is 2.38. The van der Waals surface area contributed by atoms with E-state index in [0.29, 0.717) is 6.42 Å². The molecule has 0 bridgehead atoms. The van der Waals surface area contributed by atoms with Crippen LogP contribution in [-0.4, -0.2) is 27.7 Å². The molecule has 0 saturated heterocycles. The molecule has 0 aliphatic heterocycles. The predicted molar refractivity (Wildman–Crippen MR) is 38.6 cm³/mol. The van der Waals surface area contributed by atoms with Gasteiger partial charge in [-0.25, -0.2) is 0 Å². The Labute approximate surface area is 60.3 Å². The minimum Gasteiger partial charge on any atom is -0.393 e. The van der Waals surface area contributed by atoms with Crippen LogP contribution in [0.3, 0.4) is 0 Å². The predicted octanol–water partition coefficient (Wildman–Crippen LogP) is 0.191. The van der Waals surface area contributed by atoms with Gasteiger partial charge in [0.15, 0.2) is 0 Å². The first kappa shape index (κ1) is 7.38. The molecule has 1 rings (SSSR count). The molecule has 0 aromatic heterocycles. The van der Waals surface area contributed by atoms with Crippen molar-refractivity contribution in [3.8, 4) is 0 Å². The van der Waals surface area contributed by atoms with Crippen LogP contribution in [0, 0.1) is 0 Å². The van der Waals surface area contributed by atoms with E-state index in [1.807, 2.05) is 0 Å². The largest absolute Gasteiger partial charge is 0.393 e. The van der Waals surface area contributed by atoms with E-state index < -0.39 is 0 Å². The van der Waals surface area contributed by atoms with Crippen molar-refractivity contribution in [1.82, 2.24) is 0 Å². The molecule has 0 aromatic carbocycles. The van der Waals surface area contributed by atoms with Gasteiger partial charge in [0.05, 0.1) is 12.2 Å². The molecule has 3 heteroatoms. The summed E-state index contributed by atoms with van der Waals surface area (Å²) >= 11 is 4.16. The zero-order valence-corrected chi connectivity index (χ0v) is 6.09. The molecule has 54 valence electrons. The van der Waals surface area contributed by atoms with E-state index in [1.165, 1.54) is 0 Å². The molecule has 1 saturated carbocycles. The van der Waals surface area contributed by atoms with Crippen LogP contribution in [-0.2, 0) is 0 Å². The van der Waals surface area contributed by atoms with Gasteiger partial charge >= 0.3 is 0 Å². The smallest absolute Gasteiger partial charge is 0.0575 e. The van der Waals surface area contributed by atoms with Crippen LogP contribution in [0.5, 0.6) is 0 Å². The van der Waals surface area contributed by atoms with Crippen molar-refractivity contribution in [3.63, 3.8) is 0 Å². The first-order chi connectivity index (χ1) is 4.18. The number of hydrogen-bond acceptors (Lipinski definition) is 3. The Hall–Kier alpha value is 0.270. The average Bonchev–Trinajstić information content (AvgIpc) is 1.59. The molecule has 0 radical (unpaired) electrons. The fourth-order valence-corrected chi connectivity index (χ4v) is 1.72. The zero-order valence-electron chi connectivity index (χ0n) is 5.20. The fraction of sp³-hybridized carbons (Fsp3) is 1.00. The van der Waals surface area contributed by atoms with Crippen LogP contribution in [0.4, 0.5) is 0 Å². The first-order valence-electron chi connectivity index (χ1n) is 3.22. The van der Waals surface area contributed by atoms with Crippen molar-refractivity contribution < 1.29 is 10.2 Å². The van der Waals surface area contributed by atoms with Crippen molar-refractivity contribution >= 4 is 12.6 Å². The van der Waals surface area contributed by atoms with E-state index in [2.05, 4.69) is 12.6 Å². The van der Waals surface area contributed by atoms with Gasteiger partial charge < -0.3 is 10.2 Å². The Morgan fingerprint density at radius 2 is 1.44 bits per heavy atom. The van der Waals surface area contributed by atoms with E-state index in [1.54, 1.807) is 0 Å². The summed E-state index contributed by atoms with van der Waals surface area (Å²) in [5.74, 6) is 0. The quantitative estimate of drug-likeness (QED) is 0.429. The molecular formula is C6H12O2S. The van der Waals surface area contributed by atoms with Crippen LogP contribution in [0.25, 0.3) is 0 Å². The van der Waals surface area contributed by atoms with Crippen LogP contribution in [0.15, 0.2) is 0 Å². The van der Waals surface area contributed by atoms with Gasteiger partial charge in [0.25, 0.3) is 0 Å². The molecule has 1 aliphatic rings. The standard InChI is InChI=1S/C6H12O2S/c7-4-1-5(8)3-6(9)2-4/h4-9H,1-3H2. The lowest BCUT2D eigenvalue weighted by Gasteiger charge is -2.26. The summed E-state index contributed by atoms with van der Waals surface area (Å²) in [6.07, 6.45) is 1.30. The highest BCUT2D eigenvalue weighted by molar-refractivity contribution is 7.80. The Balaban J connectivity index is 2.34. The molecule has 0 spiro atoms. The summed E-state index contributed by atoms with van der Waals surface area (Å²) in [4.78, 5) is 0. The minimum absolute atomic E-state index is 0.184. The summed E-state index contributed by atoms with van der Waals surface area (Å²) in [5, 5.41) is 18.3. The van der Waals surface area contributed by atoms with Crippen LogP contribution >= 0.6 is 12.6 Å². The molecule has 2 nitrogen and oxygen atoms in total. The van der Waals surface area contributed by atoms with Gasteiger partial charge in [-0.1, -0.05) is 0 Å². The lowest BCUT2D eigenvalue weighted by molar-refractivity contribution is 0.0439. The SMILES string of the molecule is OC1CC(O)CC(S)C1. The molecule has 0 aromatic rings. The highest BCUT2D eigenvalue weighted by Gasteiger charge is 2.23. The number of aliphatic hydroxyl groups excluding tert-OH is 2. The van der Waals surface area contributed by atoms with Crippen molar-refractivity contribution in [2.45, 2.75) is 36.7 Å². The van der Waals surface area contributed by atoms with Gasteiger partial charge in [-0.2, -0.15) is 12.6 Å². The number of thiol groups is 1. The lowest BCUT2D eigenvalue weighted by Crippen LogP contribution is -2.29. The molecule has 2 N–H and O–H groups in total. The molecule has 0 amide bonds. The third kappa shape index (κ3) is 2.16. The van der Waals surface area contributed by atoms with E-state index >= 15 is 0 Å². The van der Waals surface area contributed by atoms with Crippen LogP contribution < -0.4 is 0 Å². The summed E-state index contributed by atoms with van der Waals surface area (Å²) < 4.78 is 0. The molecule has 1 fully saturated rings. The topological polar surface area (TPSA) is 40.5 Å².